The smallest absolute Gasteiger partial charge is 0.303 e. The van der Waals surface area contributed by atoms with E-state index in [-0.39, 0.29) is 23.1 Å². The van der Waals surface area contributed by atoms with Crippen molar-refractivity contribution >= 4 is 29.0 Å². The molecule has 0 fully saturated rings. The molecule has 0 unspecified atom stereocenters. The summed E-state index contributed by atoms with van der Waals surface area (Å²) < 4.78 is 0. The summed E-state index contributed by atoms with van der Waals surface area (Å²) in [6.07, 6.45) is 4.55. The highest BCUT2D eigenvalue weighted by atomic mass is 24.3. The molecule has 0 saturated heterocycles. The van der Waals surface area contributed by atoms with E-state index in [4.69, 9.17) is 5.11 Å². The maximum atomic E-state index is 9.96. The summed E-state index contributed by atoms with van der Waals surface area (Å²) in [5.41, 5.74) is 0. The Hall–Kier alpha value is 0.236. The summed E-state index contributed by atoms with van der Waals surface area (Å²) in [7, 11) is 0. The van der Waals surface area contributed by atoms with Gasteiger partial charge >= 0.3 is 5.97 Å². The van der Waals surface area contributed by atoms with Gasteiger partial charge in [0.15, 0.2) is 0 Å². The Morgan fingerprint density at radius 1 is 1.30 bits per heavy atom. The molecular weight excluding hydrogens is 140 g/mol. The molecule has 0 aliphatic heterocycles. The fourth-order valence-corrected chi connectivity index (χ4v) is 0.703. The molecule has 0 atom stereocenters. The predicted octanol–water partition coefficient (Wildman–Crippen LogP) is 1.66. The molecule has 0 heterocycles. The molecule has 0 aromatic rings. The molecule has 10 heavy (non-hydrogen) atoms. The SMILES string of the molecule is CCCCCCC(=O)O.[Mg]. The molecule has 2 radical (unpaired) electrons. The van der Waals surface area contributed by atoms with Gasteiger partial charge in [0.25, 0.3) is 0 Å². The zero-order valence-electron chi connectivity index (χ0n) is 6.60. The van der Waals surface area contributed by atoms with Crippen LogP contribution in [0, 0.1) is 0 Å². The van der Waals surface area contributed by atoms with Crippen molar-refractivity contribution in [3.05, 3.63) is 0 Å². The normalized spacial score (nSPS) is 8.50. The zero-order valence-corrected chi connectivity index (χ0v) is 8.01. The van der Waals surface area contributed by atoms with Gasteiger partial charge in [-0.15, -0.1) is 0 Å². The van der Waals surface area contributed by atoms with Crippen molar-refractivity contribution in [1.29, 1.82) is 0 Å². The molecule has 2 nitrogen and oxygen atoms in total. The van der Waals surface area contributed by atoms with Crippen LogP contribution in [0.3, 0.4) is 0 Å². The van der Waals surface area contributed by atoms with Gasteiger partial charge in [0, 0.05) is 29.5 Å². The number of carboxylic acid groups (broad SMARTS) is 1. The number of hydrogen-bond acceptors (Lipinski definition) is 1. The predicted molar refractivity (Wildman–Crippen MR) is 42.1 cm³/mol. The molecular formula is C7H14MgO2. The third kappa shape index (κ3) is 11.1. The van der Waals surface area contributed by atoms with Crippen molar-refractivity contribution in [2.75, 3.05) is 0 Å². The van der Waals surface area contributed by atoms with Gasteiger partial charge < -0.3 is 5.11 Å². The van der Waals surface area contributed by atoms with Gasteiger partial charge in [-0.1, -0.05) is 26.2 Å². The first-order valence-corrected chi connectivity index (χ1v) is 3.49. The highest BCUT2D eigenvalue weighted by Crippen LogP contribution is 2.01. The number of carboxylic acids is 1. The summed E-state index contributed by atoms with van der Waals surface area (Å²) in [5, 5.41) is 8.21. The van der Waals surface area contributed by atoms with Crippen LogP contribution in [-0.2, 0) is 4.79 Å². The van der Waals surface area contributed by atoms with Crippen molar-refractivity contribution < 1.29 is 9.90 Å². The molecule has 0 bridgehead atoms. The van der Waals surface area contributed by atoms with Crippen molar-refractivity contribution in [2.45, 2.75) is 39.0 Å². The molecule has 0 aliphatic rings. The second kappa shape index (κ2) is 9.24. The molecule has 0 spiro atoms. The average molecular weight is 154 g/mol. The van der Waals surface area contributed by atoms with Crippen LogP contribution >= 0.6 is 0 Å². The Morgan fingerprint density at radius 2 is 1.90 bits per heavy atom. The molecule has 1 N–H and O–H groups in total. The lowest BCUT2D eigenvalue weighted by Crippen LogP contribution is -1.92. The highest BCUT2D eigenvalue weighted by molar-refractivity contribution is 5.75. The van der Waals surface area contributed by atoms with Crippen molar-refractivity contribution in [2.24, 2.45) is 0 Å². The average Bonchev–Trinajstić information content (AvgIpc) is 1.80. The highest BCUT2D eigenvalue weighted by Gasteiger charge is 1.93. The largest absolute Gasteiger partial charge is 0.481 e. The van der Waals surface area contributed by atoms with E-state index in [1.165, 1.54) is 6.42 Å². The summed E-state index contributed by atoms with van der Waals surface area (Å²) in [6.45, 7) is 2.11. The molecule has 0 aliphatic carbocycles. The number of rotatable bonds is 5. The summed E-state index contributed by atoms with van der Waals surface area (Å²) >= 11 is 0. The van der Waals surface area contributed by atoms with Crippen LogP contribution in [-0.4, -0.2) is 34.1 Å². The van der Waals surface area contributed by atoms with Gasteiger partial charge in [0.05, 0.1) is 0 Å². The Bertz CT molecular complexity index is 83.7. The standard InChI is InChI=1S/C7H14O2.Mg/c1-2-3-4-5-6-7(8)9;/h2-6H2,1H3,(H,8,9);. The van der Waals surface area contributed by atoms with E-state index >= 15 is 0 Å². The van der Waals surface area contributed by atoms with Gasteiger partial charge in [-0.25, -0.2) is 0 Å². The molecule has 0 saturated carbocycles. The lowest BCUT2D eigenvalue weighted by molar-refractivity contribution is -0.137. The van der Waals surface area contributed by atoms with Gasteiger partial charge in [0.1, 0.15) is 0 Å². The number of carbonyl (C=O) groups is 1. The molecule has 56 valence electrons. The van der Waals surface area contributed by atoms with Crippen LogP contribution in [0.2, 0.25) is 0 Å². The van der Waals surface area contributed by atoms with Crippen molar-refractivity contribution in [3.63, 3.8) is 0 Å². The van der Waals surface area contributed by atoms with E-state index in [1.54, 1.807) is 0 Å². The second-order valence-electron chi connectivity index (χ2n) is 2.20. The third-order valence-electron chi connectivity index (χ3n) is 1.24. The Labute approximate surface area is 78.2 Å². The third-order valence-corrected chi connectivity index (χ3v) is 1.24. The lowest BCUT2D eigenvalue weighted by atomic mass is 10.2. The van der Waals surface area contributed by atoms with E-state index in [0.29, 0.717) is 6.42 Å². The van der Waals surface area contributed by atoms with Crippen LogP contribution in [0.4, 0.5) is 0 Å². The molecule has 0 aromatic carbocycles. The van der Waals surface area contributed by atoms with E-state index in [2.05, 4.69) is 6.92 Å². The fraction of sp³-hybridized carbons (Fsp3) is 0.857. The topological polar surface area (TPSA) is 37.3 Å². The number of unbranched alkanes of at least 4 members (excludes halogenated alkanes) is 3. The van der Waals surface area contributed by atoms with E-state index in [1.807, 2.05) is 0 Å². The van der Waals surface area contributed by atoms with Gasteiger partial charge in [-0.05, 0) is 6.42 Å². The van der Waals surface area contributed by atoms with Crippen LogP contribution in [0.5, 0.6) is 0 Å². The van der Waals surface area contributed by atoms with Crippen LogP contribution in [0.25, 0.3) is 0 Å². The monoisotopic (exact) mass is 154 g/mol. The Morgan fingerprint density at radius 3 is 2.30 bits per heavy atom. The van der Waals surface area contributed by atoms with E-state index < -0.39 is 5.97 Å². The summed E-state index contributed by atoms with van der Waals surface area (Å²) in [6, 6.07) is 0. The second-order valence-corrected chi connectivity index (χ2v) is 2.20. The first kappa shape index (κ1) is 12.9. The zero-order chi connectivity index (χ0) is 7.11. The van der Waals surface area contributed by atoms with Gasteiger partial charge in [-0.2, -0.15) is 0 Å². The van der Waals surface area contributed by atoms with Crippen LogP contribution < -0.4 is 0 Å². The minimum Gasteiger partial charge on any atom is -0.481 e. The molecule has 0 amide bonds. The minimum atomic E-state index is -0.675. The lowest BCUT2D eigenvalue weighted by Gasteiger charge is -1.92. The van der Waals surface area contributed by atoms with E-state index in [0.717, 1.165) is 19.3 Å². The number of hydrogen-bond donors (Lipinski definition) is 1. The minimum absolute atomic E-state index is 0. The summed E-state index contributed by atoms with van der Waals surface area (Å²) in [5.74, 6) is -0.675. The van der Waals surface area contributed by atoms with E-state index in [9.17, 15) is 4.79 Å². The molecule has 0 rings (SSSR count). The molecule has 0 aromatic heterocycles. The first-order chi connectivity index (χ1) is 4.27. The van der Waals surface area contributed by atoms with Crippen molar-refractivity contribution in [1.82, 2.24) is 0 Å². The number of aliphatic carboxylic acids is 1. The van der Waals surface area contributed by atoms with Gasteiger partial charge in [0.2, 0.25) is 0 Å². The quantitative estimate of drug-likeness (QED) is 0.483. The Kier molecular flexibility index (Phi) is 11.9. The molecule has 3 heteroatoms. The van der Waals surface area contributed by atoms with Crippen LogP contribution in [0.1, 0.15) is 39.0 Å². The van der Waals surface area contributed by atoms with Crippen LogP contribution in [0.15, 0.2) is 0 Å². The first-order valence-electron chi connectivity index (χ1n) is 3.49. The summed E-state index contributed by atoms with van der Waals surface area (Å²) in [4.78, 5) is 9.96. The maximum Gasteiger partial charge on any atom is 0.303 e. The van der Waals surface area contributed by atoms with Crippen molar-refractivity contribution in [3.8, 4) is 0 Å². The fourth-order valence-electron chi connectivity index (χ4n) is 0.703. The maximum absolute atomic E-state index is 9.96. The Balaban J connectivity index is 0. The van der Waals surface area contributed by atoms with Gasteiger partial charge in [-0.3, -0.25) is 4.79 Å².